The highest BCUT2D eigenvalue weighted by Crippen LogP contribution is 2.34. The highest BCUT2D eigenvalue weighted by Gasteiger charge is 2.21. The van der Waals surface area contributed by atoms with Crippen LogP contribution in [0.4, 0.5) is 33.7 Å². The van der Waals surface area contributed by atoms with Crippen LogP contribution in [-0.4, -0.2) is 62.0 Å². The van der Waals surface area contributed by atoms with Gasteiger partial charge in [-0.25, -0.2) is 4.98 Å². The van der Waals surface area contributed by atoms with Crippen molar-refractivity contribution in [1.82, 2.24) is 9.88 Å². The van der Waals surface area contributed by atoms with Crippen molar-refractivity contribution in [2.75, 3.05) is 72.6 Å². The first-order valence-electron chi connectivity index (χ1n) is 11.9. The smallest absolute Gasteiger partial charge is 0.206 e. The highest BCUT2D eigenvalue weighted by molar-refractivity contribution is 7.18. The van der Waals surface area contributed by atoms with Crippen molar-refractivity contribution in [3.05, 3.63) is 58.1 Å². The highest BCUT2D eigenvalue weighted by atomic mass is 32.1. The Kier molecular flexibility index (Phi) is 6.76. The standard InChI is InChI=1S/C25H30N7O2S/c1-30-12-14-31(15-13-30)19-7-5-18(6-8-19)27-25-28-24(26)23(35-25)22(33)17-4-9-21(20(16-17)29-34)32-10-2-3-11-32/h4-9,16,29H,2-3,10-15,26H2,1H3,(H,27,28)/q-1. The van der Waals surface area contributed by atoms with E-state index in [2.05, 4.69) is 44.2 Å². The Morgan fingerprint density at radius 2 is 1.71 bits per heavy atom. The van der Waals surface area contributed by atoms with Crippen LogP contribution in [0.1, 0.15) is 28.1 Å². The number of likely N-dealkylation sites (N-methyl/N-ethyl adjacent to an activating group) is 1. The monoisotopic (exact) mass is 492 g/mol. The van der Waals surface area contributed by atoms with Gasteiger partial charge < -0.3 is 36.4 Å². The molecule has 5 rings (SSSR count). The van der Waals surface area contributed by atoms with Crippen LogP contribution in [0.25, 0.3) is 0 Å². The molecule has 0 radical (unpaired) electrons. The Morgan fingerprint density at radius 1 is 1.00 bits per heavy atom. The van der Waals surface area contributed by atoms with Crippen LogP contribution in [0.5, 0.6) is 0 Å². The molecular weight excluding hydrogens is 462 g/mol. The van der Waals surface area contributed by atoms with Crippen LogP contribution in [0, 0.1) is 5.21 Å². The summed E-state index contributed by atoms with van der Waals surface area (Å²) in [7, 11) is 2.15. The van der Waals surface area contributed by atoms with E-state index in [1.54, 1.807) is 12.1 Å². The number of carbonyl (C=O) groups is 1. The maximum absolute atomic E-state index is 13.2. The van der Waals surface area contributed by atoms with Gasteiger partial charge in [0.15, 0.2) is 5.13 Å². The third-order valence-corrected chi connectivity index (χ3v) is 7.65. The van der Waals surface area contributed by atoms with Crippen LogP contribution < -0.4 is 26.3 Å². The Balaban J connectivity index is 1.29. The van der Waals surface area contributed by atoms with Gasteiger partial charge in [-0.05, 0) is 62.4 Å². The number of ketones is 1. The van der Waals surface area contributed by atoms with E-state index in [9.17, 15) is 10.0 Å². The molecule has 3 aromatic rings. The molecule has 3 heterocycles. The lowest BCUT2D eigenvalue weighted by atomic mass is 10.1. The second-order valence-electron chi connectivity index (χ2n) is 9.05. The largest absolute Gasteiger partial charge is 0.761 e. The fourth-order valence-electron chi connectivity index (χ4n) is 4.62. The summed E-state index contributed by atoms with van der Waals surface area (Å²) >= 11 is 1.21. The molecule has 1 aromatic heterocycles. The lowest BCUT2D eigenvalue weighted by molar-refractivity contribution is 0.104. The zero-order valence-corrected chi connectivity index (χ0v) is 20.6. The third kappa shape index (κ3) is 5.04. The summed E-state index contributed by atoms with van der Waals surface area (Å²) in [6.45, 7) is 5.97. The second kappa shape index (κ2) is 10.1. The van der Waals surface area contributed by atoms with Gasteiger partial charge in [-0.1, -0.05) is 11.3 Å². The van der Waals surface area contributed by atoms with Gasteiger partial charge >= 0.3 is 0 Å². The zero-order chi connectivity index (χ0) is 24.4. The maximum atomic E-state index is 13.2. The summed E-state index contributed by atoms with van der Waals surface area (Å²) in [5.41, 5.74) is 11.8. The number of nitrogen functional groups attached to an aromatic ring is 1. The Morgan fingerprint density at radius 3 is 2.40 bits per heavy atom. The molecule has 4 N–H and O–H groups in total. The SMILES string of the molecule is CN1CCN(c2ccc(Nc3nc(N)c(C(=O)c4ccc(N5CCCC5)c(N[O-])c4)s3)cc2)CC1. The molecule has 9 nitrogen and oxygen atoms in total. The number of hydrogen-bond acceptors (Lipinski definition) is 10. The van der Waals surface area contributed by atoms with Gasteiger partial charge in [0.25, 0.3) is 0 Å². The summed E-state index contributed by atoms with van der Waals surface area (Å²) in [6, 6.07) is 13.4. The Bertz CT molecular complexity index is 1180. The number of carbonyl (C=O) groups excluding carboxylic acids is 1. The number of piperazine rings is 1. The number of hydrogen-bond donors (Lipinski definition) is 3. The molecule has 10 heteroatoms. The topological polar surface area (TPSA) is 113 Å². The maximum Gasteiger partial charge on any atom is 0.206 e. The van der Waals surface area contributed by atoms with E-state index in [0.717, 1.165) is 63.5 Å². The number of nitrogens with one attached hydrogen (secondary N) is 2. The van der Waals surface area contributed by atoms with Gasteiger partial charge in [0.2, 0.25) is 5.78 Å². The number of rotatable bonds is 7. The molecule has 2 saturated heterocycles. The van der Waals surface area contributed by atoms with Crippen LogP contribution in [0.15, 0.2) is 42.5 Å². The predicted octanol–water partition coefficient (Wildman–Crippen LogP) is 3.96. The molecule has 0 unspecified atom stereocenters. The molecular formula is C25H30N7O2S-. The fraction of sp³-hybridized carbons (Fsp3) is 0.360. The zero-order valence-electron chi connectivity index (χ0n) is 19.8. The molecule has 0 bridgehead atoms. The first kappa shape index (κ1) is 23.4. The minimum atomic E-state index is -0.247. The molecule has 35 heavy (non-hydrogen) atoms. The van der Waals surface area contributed by atoms with Gasteiger partial charge in [0, 0.05) is 61.9 Å². The molecule has 0 atom stereocenters. The van der Waals surface area contributed by atoms with Crippen molar-refractivity contribution in [2.45, 2.75) is 12.8 Å². The van der Waals surface area contributed by atoms with Crippen molar-refractivity contribution in [3.63, 3.8) is 0 Å². The van der Waals surface area contributed by atoms with E-state index in [-0.39, 0.29) is 11.6 Å². The number of aromatic nitrogens is 1. The minimum absolute atomic E-state index is 0.178. The Hall–Kier alpha value is -3.34. The van der Waals surface area contributed by atoms with Crippen molar-refractivity contribution in [2.24, 2.45) is 0 Å². The van der Waals surface area contributed by atoms with Crippen molar-refractivity contribution < 1.29 is 4.79 Å². The molecule has 2 aromatic carbocycles. The van der Waals surface area contributed by atoms with Gasteiger partial charge in [-0.15, -0.1) is 0 Å². The van der Waals surface area contributed by atoms with Crippen LogP contribution in [-0.2, 0) is 0 Å². The number of anilines is 6. The summed E-state index contributed by atoms with van der Waals surface area (Å²) in [6.07, 6.45) is 2.20. The lowest BCUT2D eigenvalue weighted by Crippen LogP contribution is -2.44. The first-order chi connectivity index (χ1) is 17.0. The summed E-state index contributed by atoms with van der Waals surface area (Å²) in [4.78, 5) is 24.8. The van der Waals surface area contributed by atoms with Crippen LogP contribution in [0.3, 0.4) is 0 Å². The second-order valence-corrected chi connectivity index (χ2v) is 10.1. The normalized spacial score (nSPS) is 16.5. The molecule has 184 valence electrons. The average molecular weight is 493 g/mol. The number of nitrogens with two attached hydrogens (primary N) is 1. The van der Waals surface area contributed by atoms with E-state index >= 15 is 0 Å². The van der Waals surface area contributed by atoms with E-state index in [0.29, 0.717) is 21.3 Å². The molecule has 2 aliphatic heterocycles. The number of thiazole rings is 1. The van der Waals surface area contributed by atoms with Crippen molar-refractivity contribution in [3.8, 4) is 0 Å². The molecule has 0 aliphatic carbocycles. The van der Waals surface area contributed by atoms with E-state index in [1.165, 1.54) is 17.0 Å². The summed E-state index contributed by atoms with van der Waals surface area (Å²) < 4.78 is 0. The van der Waals surface area contributed by atoms with Crippen LogP contribution >= 0.6 is 11.3 Å². The molecule has 2 fully saturated rings. The average Bonchev–Trinajstić information content (AvgIpc) is 3.54. The van der Waals surface area contributed by atoms with E-state index < -0.39 is 0 Å². The third-order valence-electron chi connectivity index (χ3n) is 6.66. The molecule has 0 amide bonds. The number of nitrogens with zero attached hydrogens (tertiary/aromatic N) is 4. The lowest BCUT2D eigenvalue weighted by Gasteiger charge is -2.34. The summed E-state index contributed by atoms with van der Waals surface area (Å²) in [5.74, 6) is -0.0697. The number of benzene rings is 2. The van der Waals surface area contributed by atoms with Gasteiger partial charge in [-0.3, -0.25) is 4.79 Å². The molecule has 0 spiro atoms. The van der Waals surface area contributed by atoms with E-state index in [4.69, 9.17) is 5.73 Å². The molecule has 0 saturated carbocycles. The van der Waals surface area contributed by atoms with Crippen LogP contribution in [0.2, 0.25) is 0 Å². The first-order valence-corrected chi connectivity index (χ1v) is 12.7. The minimum Gasteiger partial charge on any atom is -0.761 e. The van der Waals surface area contributed by atoms with Gasteiger partial charge in [0.05, 0.1) is 5.69 Å². The van der Waals surface area contributed by atoms with Gasteiger partial charge in [-0.2, -0.15) is 0 Å². The quantitative estimate of drug-likeness (QED) is 0.333. The van der Waals surface area contributed by atoms with Crippen molar-refractivity contribution in [1.29, 1.82) is 0 Å². The van der Waals surface area contributed by atoms with Gasteiger partial charge in [0.1, 0.15) is 10.7 Å². The predicted molar refractivity (Wildman–Crippen MR) is 144 cm³/mol. The molecule has 2 aliphatic rings. The fourth-order valence-corrected chi connectivity index (χ4v) is 5.48. The summed E-state index contributed by atoms with van der Waals surface area (Å²) in [5, 5.41) is 15.4. The van der Waals surface area contributed by atoms with Crippen molar-refractivity contribution >= 4 is 50.8 Å². The Labute approximate surface area is 209 Å². The van der Waals surface area contributed by atoms with E-state index in [1.807, 2.05) is 23.7 Å².